The van der Waals surface area contributed by atoms with E-state index in [1.54, 1.807) is 31.2 Å². The van der Waals surface area contributed by atoms with Crippen molar-refractivity contribution in [2.24, 2.45) is 5.84 Å². The lowest BCUT2D eigenvalue weighted by molar-refractivity contribution is 0.413. The Hall–Kier alpha value is -1.98. The van der Waals surface area contributed by atoms with Crippen molar-refractivity contribution in [2.75, 3.05) is 7.11 Å². The van der Waals surface area contributed by atoms with Crippen LogP contribution in [0, 0.1) is 18.6 Å². The van der Waals surface area contributed by atoms with Gasteiger partial charge in [-0.2, -0.15) is 0 Å². The van der Waals surface area contributed by atoms with Crippen molar-refractivity contribution in [2.45, 2.75) is 13.0 Å². The van der Waals surface area contributed by atoms with Crippen molar-refractivity contribution < 1.29 is 13.5 Å². The fourth-order valence-corrected chi connectivity index (χ4v) is 2.11. The van der Waals surface area contributed by atoms with Crippen LogP contribution in [0.15, 0.2) is 36.4 Å². The van der Waals surface area contributed by atoms with E-state index in [0.29, 0.717) is 16.9 Å². The maximum atomic E-state index is 14.2. The number of aryl methyl sites for hydroxylation is 1. The number of hydrogen-bond acceptors (Lipinski definition) is 3. The number of hydrazine groups is 1. The van der Waals surface area contributed by atoms with Crippen LogP contribution in [0.25, 0.3) is 0 Å². The second-order valence-electron chi connectivity index (χ2n) is 4.47. The zero-order valence-corrected chi connectivity index (χ0v) is 11.3. The largest absolute Gasteiger partial charge is 0.497 e. The predicted octanol–water partition coefficient (Wildman–Crippen LogP) is 2.83. The Morgan fingerprint density at radius 1 is 1.20 bits per heavy atom. The Morgan fingerprint density at radius 3 is 2.60 bits per heavy atom. The molecular weight excluding hydrogens is 262 g/mol. The summed E-state index contributed by atoms with van der Waals surface area (Å²) < 4.78 is 33.3. The van der Waals surface area contributed by atoms with Crippen molar-refractivity contribution in [3.05, 3.63) is 64.7 Å². The van der Waals surface area contributed by atoms with E-state index in [0.717, 1.165) is 0 Å². The summed E-state index contributed by atoms with van der Waals surface area (Å²) in [6.45, 7) is 1.58. The van der Waals surface area contributed by atoms with Gasteiger partial charge in [-0.25, -0.2) is 14.2 Å². The number of rotatable bonds is 4. The number of methoxy groups -OCH3 is 1. The molecule has 0 aromatic heterocycles. The zero-order chi connectivity index (χ0) is 14.7. The fourth-order valence-electron chi connectivity index (χ4n) is 2.11. The molecule has 3 N–H and O–H groups in total. The molecule has 20 heavy (non-hydrogen) atoms. The predicted molar refractivity (Wildman–Crippen MR) is 73.3 cm³/mol. The zero-order valence-electron chi connectivity index (χ0n) is 11.3. The van der Waals surface area contributed by atoms with Crippen LogP contribution in [0.2, 0.25) is 0 Å². The summed E-state index contributed by atoms with van der Waals surface area (Å²) in [5.41, 5.74) is 3.35. The molecule has 2 aromatic carbocycles. The molecule has 0 fully saturated rings. The highest BCUT2D eigenvalue weighted by Gasteiger charge is 2.22. The van der Waals surface area contributed by atoms with Crippen LogP contribution < -0.4 is 16.0 Å². The number of nitrogens with two attached hydrogens (primary N) is 1. The van der Waals surface area contributed by atoms with E-state index in [1.807, 2.05) is 0 Å². The quantitative estimate of drug-likeness (QED) is 0.668. The topological polar surface area (TPSA) is 47.3 Å². The van der Waals surface area contributed by atoms with Crippen LogP contribution in [-0.4, -0.2) is 7.11 Å². The molecule has 0 amide bonds. The molecule has 0 bridgehead atoms. The summed E-state index contributed by atoms with van der Waals surface area (Å²) in [7, 11) is 1.53. The summed E-state index contributed by atoms with van der Waals surface area (Å²) in [5, 5.41) is 0. The second kappa shape index (κ2) is 5.98. The number of halogens is 2. The Bertz CT molecular complexity index is 617. The van der Waals surface area contributed by atoms with Gasteiger partial charge in [0.1, 0.15) is 17.4 Å². The molecule has 0 spiro atoms. The smallest absolute Gasteiger partial charge is 0.134 e. The lowest BCUT2D eigenvalue weighted by Gasteiger charge is -2.19. The summed E-state index contributed by atoms with van der Waals surface area (Å²) in [6, 6.07) is 8.75. The minimum Gasteiger partial charge on any atom is -0.497 e. The minimum atomic E-state index is -0.787. The maximum Gasteiger partial charge on any atom is 0.134 e. The first-order valence-electron chi connectivity index (χ1n) is 6.13. The summed E-state index contributed by atoms with van der Waals surface area (Å²) in [5.74, 6) is 4.84. The van der Waals surface area contributed by atoms with Gasteiger partial charge in [-0.3, -0.25) is 5.84 Å². The number of nitrogens with one attached hydrogen (secondary N) is 1. The van der Waals surface area contributed by atoms with Crippen LogP contribution >= 0.6 is 0 Å². The summed E-state index contributed by atoms with van der Waals surface area (Å²) in [6.07, 6.45) is 0. The molecule has 1 unspecified atom stereocenters. The Kier molecular flexibility index (Phi) is 4.32. The van der Waals surface area contributed by atoms with Gasteiger partial charge in [0, 0.05) is 5.56 Å². The van der Waals surface area contributed by atoms with Gasteiger partial charge in [-0.15, -0.1) is 0 Å². The van der Waals surface area contributed by atoms with E-state index in [4.69, 9.17) is 10.6 Å². The number of benzene rings is 2. The van der Waals surface area contributed by atoms with Crippen LogP contribution in [0.3, 0.4) is 0 Å². The van der Waals surface area contributed by atoms with Crippen molar-refractivity contribution in [3.63, 3.8) is 0 Å². The molecule has 0 saturated carbocycles. The van der Waals surface area contributed by atoms with Gasteiger partial charge in [0.05, 0.1) is 13.2 Å². The molecule has 3 nitrogen and oxygen atoms in total. The summed E-state index contributed by atoms with van der Waals surface area (Å²) in [4.78, 5) is 0. The first-order chi connectivity index (χ1) is 9.58. The van der Waals surface area contributed by atoms with Gasteiger partial charge >= 0.3 is 0 Å². The van der Waals surface area contributed by atoms with E-state index < -0.39 is 17.7 Å². The first-order valence-corrected chi connectivity index (χ1v) is 6.13. The average molecular weight is 278 g/mol. The third-order valence-corrected chi connectivity index (χ3v) is 3.20. The third kappa shape index (κ3) is 2.64. The molecule has 0 aliphatic rings. The molecule has 0 saturated heterocycles. The molecule has 2 rings (SSSR count). The van der Waals surface area contributed by atoms with E-state index in [9.17, 15) is 8.78 Å². The van der Waals surface area contributed by atoms with Gasteiger partial charge in [0.25, 0.3) is 0 Å². The van der Waals surface area contributed by atoms with E-state index in [-0.39, 0.29) is 5.56 Å². The first kappa shape index (κ1) is 14.4. The summed E-state index contributed by atoms with van der Waals surface area (Å²) >= 11 is 0. The van der Waals surface area contributed by atoms with Crippen molar-refractivity contribution in [1.82, 2.24) is 5.43 Å². The Morgan fingerprint density at radius 2 is 1.95 bits per heavy atom. The highest BCUT2D eigenvalue weighted by Crippen LogP contribution is 2.29. The van der Waals surface area contributed by atoms with E-state index in [1.165, 1.54) is 19.2 Å². The second-order valence-corrected chi connectivity index (χ2v) is 4.47. The van der Waals surface area contributed by atoms with Crippen molar-refractivity contribution in [1.29, 1.82) is 0 Å². The Balaban J connectivity index is 2.55. The average Bonchev–Trinajstić information content (AvgIpc) is 2.47. The molecule has 1 atom stereocenters. The highest BCUT2D eigenvalue weighted by atomic mass is 19.1. The van der Waals surface area contributed by atoms with Crippen LogP contribution in [0.1, 0.15) is 22.7 Å². The monoisotopic (exact) mass is 278 g/mol. The van der Waals surface area contributed by atoms with Gasteiger partial charge in [-0.05, 0) is 36.2 Å². The van der Waals surface area contributed by atoms with E-state index >= 15 is 0 Å². The molecule has 0 radical (unpaired) electrons. The van der Waals surface area contributed by atoms with Gasteiger partial charge < -0.3 is 4.74 Å². The lowest BCUT2D eigenvalue weighted by atomic mass is 9.96. The van der Waals surface area contributed by atoms with Gasteiger partial charge in [0.15, 0.2) is 0 Å². The van der Waals surface area contributed by atoms with Gasteiger partial charge in [-0.1, -0.05) is 18.2 Å². The number of ether oxygens (including phenoxy) is 1. The number of hydrogen-bond donors (Lipinski definition) is 2. The van der Waals surface area contributed by atoms with Crippen molar-refractivity contribution >= 4 is 0 Å². The van der Waals surface area contributed by atoms with Crippen LogP contribution in [0.5, 0.6) is 5.75 Å². The Labute approximate surface area is 116 Å². The minimum absolute atomic E-state index is 0.0965. The van der Waals surface area contributed by atoms with Gasteiger partial charge in [0.2, 0.25) is 0 Å². The molecule has 0 heterocycles. The molecule has 5 heteroatoms. The standard InChI is InChI=1S/C15H16F2N2O/c1-9-6-7-12(16)13(14(9)17)15(19-18)10-4-3-5-11(8-10)20-2/h3-8,15,19H,18H2,1-2H3. The normalized spacial score (nSPS) is 12.2. The molecular formula is C15H16F2N2O. The lowest BCUT2D eigenvalue weighted by Crippen LogP contribution is -2.30. The molecule has 0 aliphatic heterocycles. The van der Waals surface area contributed by atoms with E-state index in [2.05, 4.69) is 5.43 Å². The third-order valence-electron chi connectivity index (χ3n) is 3.20. The molecule has 106 valence electrons. The molecule has 2 aromatic rings. The van der Waals surface area contributed by atoms with Crippen LogP contribution in [0.4, 0.5) is 8.78 Å². The fraction of sp³-hybridized carbons (Fsp3) is 0.200. The highest BCUT2D eigenvalue weighted by molar-refractivity contribution is 5.39. The molecule has 0 aliphatic carbocycles. The van der Waals surface area contributed by atoms with Crippen molar-refractivity contribution in [3.8, 4) is 5.75 Å². The SMILES string of the molecule is COc1cccc(C(NN)c2c(F)ccc(C)c2F)c1. The maximum absolute atomic E-state index is 14.2. The van der Waals surface area contributed by atoms with Crippen LogP contribution in [-0.2, 0) is 0 Å².